The maximum Gasteiger partial charge on any atom is 0.272 e. The predicted octanol–water partition coefficient (Wildman–Crippen LogP) is 2.96. The van der Waals surface area contributed by atoms with E-state index in [4.69, 9.17) is 0 Å². The third-order valence-corrected chi connectivity index (χ3v) is 4.09. The molecule has 0 N–H and O–H groups in total. The molecule has 0 spiro atoms. The highest BCUT2D eigenvalue weighted by molar-refractivity contribution is 5.99. The Bertz CT molecular complexity index is 701. The first-order chi connectivity index (χ1) is 11.1. The number of Topliss-reactive ketones (excluding diaryl/α,β-unsaturated/α-hetero) is 1. The van der Waals surface area contributed by atoms with Crippen LogP contribution in [0.2, 0.25) is 0 Å². The Labute approximate surface area is 134 Å². The summed E-state index contributed by atoms with van der Waals surface area (Å²) >= 11 is 0. The molecule has 4 nitrogen and oxygen atoms in total. The smallest absolute Gasteiger partial charge is 0.272 e. The van der Waals surface area contributed by atoms with E-state index in [0.29, 0.717) is 24.3 Å². The average Bonchev–Trinajstić information content (AvgIpc) is 2.62. The maximum atomic E-state index is 13.0. The van der Waals surface area contributed by atoms with E-state index in [-0.39, 0.29) is 23.4 Å². The summed E-state index contributed by atoms with van der Waals surface area (Å²) < 4.78 is 13.0. The van der Waals surface area contributed by atoms with Gasteiger partial charge in [0.2, 0.25) is 0 Å². The molecule has 1 aromatic heterocycles. The minimum absolute atomic E-state index is 0.0384. The number of halogens is 1. The van der Waals surface area contributed by atoms with Gasteiger partial charge in [0, 0.05) is 30.8 Å². The number of pyridine rings is 1. The highest BCUT2D eigenvalue weighted by atomic mass is 19.1. The number of rotatable bonds is 3. The lowest BCUT2D eigenvalue weighted by Crippen LogP contribution is -2.42. The molecule has 1 aliphatic heterocycles. The van der Waals surface area contributed by atoms with Crippen LogP contribution < -0.4 is 0 Å². The van der Waals surface area contributed by atoms with Gasteiger partial charge in [-0.25, -0.2) is 4.39 Å². The van der Waals surface area contributed by atoms with Crippen LogP contribution in [0.4, 0.5) is 4.39 Å². The van der Waals surface area contributed by atoms with Crippen molar-refractivity contribution < 1.29 is 14.0 Å². The molecule has 0 aliphatic carbocycles. The van der Waals surface area contributed by atoms with Crippen LogP contribution in [0.25, 0.3) is 0 Å². The monoisotopic (exact) mass is 312 g/mol. The zero-order valence-electron chi connectivity index (χ0n) is 12.6. The summed E-state index contributed by atoms with van der Waals surface area (Å²) in [6.07, 6.45) is 3.09. The molecular formula is C18H17FN2O2. The van der Waals surface area contributed by atoms with Gasteiger partial charge in [-0.3, -0.25) is 14.6 Å². The van der Waals surface area contributed by atoms with Gasteiger partial charge in [0.25, 0.3) is 5.91 Å². The van der Waals surface area contributed by atoms with Gasteiger partial charge in [-0.05, 0) is 49.2 Å². The fraction of sp³-hybridized carbons (Fsp3) is 0.278. The molecular weight excluding hydrogens is 295 g/mol. The van der Waals surface area contributed by atoms with Crippen LogP contribution >= 0.6 is 0 Å². The van der Waals surface area contributed by atoms with E-state index in [9.17, 15) is 14.0 Å². The molecule has 1 atom stereocenters. The third kappa shape index (κ3) is 3.44. The lowest BCUT2D eigenvalue weighted by atomic mass is 9.90. The van der Waals surface area contributed by atoms with E-state index in [1.807, 2.05) is 0 Å². The number of hydrogen-bond donors (Lipinski definition) is 0. The van der Waals surface area contributed by atoms with Gasteiger partial charge in [-0.1, -0.05) is 6.07 Å². The number of benzene rings is 1. The average molecular weight is 312 g/mol. The Morgan fingerprint density at radius 1 is 1.13 bits per heavy atom. The number of amides is 1. The van der Waals surface area contributed by atoms with Crippen molar-refractivity contribution >= 4 is 11.7 Å². The molecule has 23 heavy (non-hydrogen) atoms. The molecule has 0 radical (unpaired) electrons. The third-order valence-electron chi connectivity index (χ3n) is 4.09. The van der Waals surface area contributed by atoms with Crippen LogP contribution in [-0.4, -0.2) is 34.7 Å². The zero-order chi connectivity index (χ0) is 16.2. The SMILES string of the molecule is O=C(c1ccc(F)cc1)[C@H]1CCCN(C(=O)c2ccccn2)C1. The number of ketones is 1. The molecule has 3 rings (SSSR count). The lowest BCUT2D eigenvalue weighted by Gasteiger charge is -2.31. The van der Waals surface area contributed by atoms with E-state index in [0.717, 1.165) is 12.8 Å². The number of hydrogen-bond acceptors (Lipinski definition) is 3. The van der Waals surface area contributed by atoms with Crippen LogP contribution in [0.3, 0.4) is 0 Å². The van der Waals surface area contributed by atoms with E-state index >= 15 is 0 Å². The van der Waals surface area contributed by atoms with Gasteiger partial charge < -0.3 is 4.90 Å². The molecule has 1 aromatic carbocycles. The quantitative estimate of drug-likeness (QED) is 0.819. The Balaban J connectivity index is 1.72. The molecule has 0 unspecified atom stereocenters. The molecule has 5 heteroatoms. The van der Waals surface area contributed by atoms with Gasteiger partial charge in [-0.2, -0.15) is 0 Å². The first kappa shape index (κ1) is 15.3. The van der Waals surface area contributed by atoms with Crippen molar-refractivity contribution in [1.82, 2.24) is 9.88 Å². The lowest BCUT2D eigenvalue weighted by molar-refractivity contribution is 0.0632. The van der Waals surface area contributed by atoms with Crippen LogP contribution in [0, 0.1) is 11.7 Å². The van der Waals surface area contributed by atoms with Crippen molar-refractivity contribution in [2.45, 2.75) is 12.8 Å². The van der Waals surface area contributed by atoms with Crippen molar-refractivity contribution in [3.8, 4) is 0 Å². The van der Waals surface area contributed by atoms with E-state index in [2.05, 4.69) is 4.98 Å². The number of nitrogens with zero attached hydrogens (tertiary/aromatic N) is 2. The number of likely N-dealkylation sites (tertiary alicyclic amines) is 1. The van der Waals surface area contributed by atoms with Gasteiger partial charge >= 0.3 is 0 Å². The van der Waals surface area contributed by atoms with Crippen molar-refractivity contribution in [3.05, 3.63) is 65.7 Å². The number of piperidine rings is 1. The molecule has 2 heterocycles. The van der Waals surface area contributed by atoms with Crippen molar-refractivity contribution in [3.63, 3.8) is 0 Å². The number of aromatic nitrogens is 1. The zero-order valence-corrected chi connectivity index (χ0v) is 12.6. The molecule has 1 amide bonds. The summed E-state index contributed by atoms with van der Waals surface area (Å²) in [5, 5.41) is 0. The molecule has 118 valence electrons. The van der Waals surface area contributed by atoms with Gasteiger partial charge in [-0.15, -0.1) is 0 Å². The molecule has 0 bridgehead atoms. The maximum absolute atomic E-state index is 13.0. The number of carbonyl (C=O) groups excluding carboxylic acids is 2. The van der Waals surface area contributed by atoms with Crippen LogP contribution in [0.15, 0.2) is 48.7 Å². The Kier molecular flexibility index (Phi) is 4.46. The Morgan fingerprint density at radius 2 is 1.91 bits per heavy atom. The first-order valence-corrected chi connectivity index (χ1v) is 7.65. The number of carbonyl (C=O) groups is 2. The van der Waals surface area contributed by atoms with E-state index < -0.39 is 0 Å². The summed E-state index contributed by atoms with van der Waals surface area (Å²) in [7, 11) is 0. The van der Waals surface area contributed by atoms with Crippen molar-refractivity contribution in [2.24, 2.45) is 5.92 Å². The molecule has 1 fully saturated rings. The van der Waals surface area contributed by atoms with Crippen molar-refractivity contribution in [1.29, 1.82) is 0 Å². The fourth-order valence-corrected chi connectivity index (χ4v) is 2.88. The van der Waals surface area contributed by atoms with E-state index in [1.54, 1.807) is 29.3 Å². The molecule has 1 saturated heterocycles. The Hall–Kier alpha value is -2.56. The van der Waals surface area contributed by atoms with Gasteiger partial charge in [0.15, 0.2) is 5.78 Å². The second-order valence-corrected chi connectivity index (χ2v) is 5.68. The van der Waals surface area contributed by atoms with Crippen LogP contribution in [0.1, 0.15) is 33.7 Å². The summed E-state index contributed by atoms with van der Waals surface area (Å²) in [6.45, 7) is 1.01. The van der Waals surface area contributed by atoms with Crippen LogP contribution in [-0.2, 0) is 0 Å². The first-order valence-electron chi connectivity index (χ1n) is 7.65. The normalized spacial score (nSPS) is 17.8. The Morgan fingerprint density at radius 3 is 2.61 bits per heavy atom. The van der Waals surface area contributed by atoms with Gasteiger partial charge in [0.1, 0.15) is 11.5 Å². The highest BCUT2D eigenvalue weighted by Gasteiger charge is 2.29. The molecule has 0 saturated carbocycles. The fourth-order valence-electron chi connectivity index (χ4n) is 2.88. The second-order valence-electron chi connectivity index (χ2n) is 5.68. The summed E-state index contributed by atoms with van der Waals surface area (Å²) in [4.78, 5) is 30.7. The predicted molar refractivity (Wildman–Crippen MR) is 83.6 cm³/mol. The largest absolute Gasteiger partial charge is 0.337 e. The summed E-state index contributed by atoms with van der Waals surface area (Å²) in [6, 6.07) is 10.8. The van der Waals surface area contributed by atoms with E-state index in [1.165, 1.54) is 24.3 Å². The molecule has 2 aromatic rings. The highest BCUT2D eigenvalue weighted by Crippen LogP contribution is 2.22. The topological polar surface area (TPSA) is 50.3 Å². The van der Waals surface area contributed by atoms with Crippen LogP contribution in [0.5, 0.6) is 0 Å². The standard InChI is InChI=1S/C18H17FN2O2/c19-15-8-6-13(7-9-15)17(22)14-4-3-11-21(12-14)18(23)16-5-1-2-10-20-16/h1-2,5-10,14H,3-4,11-12H2/t14-/m0/s1. The minimum atomic E-state index is -0.364. The summed E-state index contributed by atoms with van der Waals surface area (Å²) in [5.41, 5.74) is 0.880. The second kappa shape index (κ2) is 6.69. The summed E-state index contributed by atoms with van der Waals surface area (Å²) in [5.74, 6) is -0.801. The minimum Gasteiger partial charge on any atom is -0.337 e. The van der Waals surface area contributed by atoms with Gasteiger partial charge in [0.05, 0.1) is 0 Å². The molecule has 1 aliphatic rings. The van der Waals surface area contributed by atoms with Crippen molar-refractivity contribution in [2.75, 3.05) is 13.1 Å².